The molecule has 2 aromatic rings. The second kappa shape index (κ2) is 3.49. The SMILES string of the molecule is C.CC(C)(C)c1c[nH]c2ccccc12. The van der Waals surface area contributed by atoms with Gasteiger partial charge in [0.1, 0.15) is 0 Å². The van der Waals surface area contributed by atoms with Crippen molar-refractivity contribution in [2.45, 2.75) is 33.6 Å². The molecule has 0 unspecified atom stereocenters. The number of hydrogen-bond donors (Lipinski definition) is 1. The molecule has 0 amide bonds. The first-order valence-corrected chi connectivity index (χ1v) is 4.65. The van der Waals surface area contributed by atoms with Crippen LogP contribution in [0.25, 0.3) is 10.9 Å². The molecule has 1 aromatic carbocycles. The Morgan fingerprint density at radius 1 is 1.07 bits per heavy atom. The van der Waals surface area contributed by atoms with E-state index in [-0.39, 0.29) is 12.8 Å². The number of fused-ring (bicyclic) bond motifs is 1. The first-order valence-electron chi connectivity index (χ1n) is 4.65. The van der Waals surface area contributed by atoms with Crippen LogP contribution in [0.4, 0.5) is 0 Å². The molecule has 14 heavy (non-hydrogen) atoms. The van der Waals surface area contributed by atoms with Crippen molar-refractivity contribution in [3.05, 3.63) is 36.0 Å². The van der Waals surface area contributed by atoms with E-state index in [1.165, 1.54) is 16.5 Å². The van der Waals surface area contributed by atoms with Gasteiger partial charge < -0.3 is 4.98 Å². The van der Waals surface area contributed by atoms with Crippen LogP contribution in [0.2, 0.25) is 0 Å². The zero-order valence-corrected chi connectivity index (χ0v) is 8.39. The lowest BCUT2D eigenvalue weighted by atomic mass is 9.87. The van der Waals surface area contributed by atoms with Crippen LogP contribution in [-0.2, 0) is 5.41 Å². The number of rotatable bonds is 0. The predicted molar refractivity (Wildman–Crippen MR) is 63.7 cm³/mol. The van der Waals surface area contributed by atoms with E-state index in [4.69, 9.17) is 0 Å². The van der Waals surface area contributed by atoms with Gasteiger partial charge in [-0.05, 0) is 17.0 Å². The minimum Gasteiger partial charge on any atom is -0.361 e. The van der Waals surface area contributed by atoms with E-state index in [9.17, 15) is 0 Å². The van der Waals surface area contributed by atoms with Gasteiger partial charge in [-0.1, -0.05) is 46.4 Å². The molecule has 0 aliphatic heterocycles. The van der Waals surface area contributed by atoms with Crippen molar-refractivity contribution in [3.63, 3.8) is 0 Å². The summed E-state index contributed by atoms with van der Waals surface area (Å²) in [6.07, 6.45) is 2.12. The first-order chi connectivity index (χ1) is 6.09. The summed E-state index contributed by atoms with van der Waals surface area (Å²) in [6, 6.07) is 8.44. The van der Waals surface area contributed by atoms with Gasteiger partial charge in [0.15, 0.2) is 0 Å². The summed E-state index contributed by atoms with van der Waals surface area (Å²) in [6.45, 7) is 6.72. The number of para-hydroxylation sites is 1. The summed E-state index contributed by atoms with van der Waals surface area (Å²) >= 11 is 0. The minimum absolute atomic E-state index is 0. The third-order valence-corrected chi connectivity index (χ3v) is 2.40. The minimum atomic E-state index is 0. The highest BCUT2D eigenvalue weighted by Gasteiger charge is 2.17. The van der Waals surface area contributed by atoms with E-state index in [2.05, 4.69) is 56.2 Å². The number of nitrogens with one attached hydrogen (secondary N) is 1. The first kappa shape index (κ1) is 10.8. The average Bonchev–Trinajstić information content (AvgIpc) is 2.45. The van der Waals surface area contributed by atoms with E-state index in [0.29, 0.717) is 0 Å². The quantitative estimate of drug-likeness (QED) is 0.642. The van der Waals surface area contributed by atoms with Crippen LogP contribution in [0.3, 0.4) is 0 Å². The Labute approximate surface area is 86.2 Å². The van der Waals surface area contributed by atoms with Gasteiger partial charge in [0.05, 0.1) is 0 Å². The Hall–Kier alpha value is -1.24. The van der Waals surface area contributed by atoms with Crippen molar-refractivity contribution in [1.29, 1.82) is 0 Å². The fourth-order valence-corrected chi connectivity index (χ4v) is 1.69. The number of aromatic nitrogens is 1. The van der Waals surface area contributed by atoms with Crippen molar-refractivity contribution >= 4 is 10.9 Å². The number of hydrogen-bond acceptors (Lipinski definition) is 0. The normalized spacial score (nSPS) is 11.4. The van der Waals surface area contributed by atoms with Crippen molar-refractivity contribution in [1.82, 2.24) is 4.98 Å². The average molecular weight is 189 g/mol. The highest BCUT2D eigenvalue weighted by Crippen LogP contribution is 2.29. The second-order valence-electron chi connectivity index (χ2n) is 4.50. The van der Waals surface area contributed by atoms with Crippen molar-refractivity contribution < 1.29 is 0 Å². The maximum Gasteiger partial charge on any atom is 0.0456 e. The van der Waals surface area contributed by atoms with Crippen LogP contribution < -0.4 is 0 Å². The van der Waals surface area contributed by atoms with Crippen LogP contribution in [-0.4, -0.2) is 4.98 Å². The Kier molecular flexibility index (Phi) is 2.70. The lowest BCUT2D eigenvalue weighted by Gasteiger charge is -2.17. The van der Waals surface area contributed by atoms with Crippen molar-refractivity contribution in [3.8, 4) is 0 Å². The molecule has 0 atom stereocenters. The molecule has 76 valence electrons. The van der Waals surface area contributed by atoms with Crippen LogP contribution in [0.5, 0.6) is 0 Å². The predicted octanol–water partition coefficient (Wildman–Crippen LogP) is 4.10. The molecule has 1 nitrogen and oxygen atoms in total. The van der Waals surface area contributed by atoms with E-state index in [1.807, 2.05) is 0 Å². The second-order valence-corrected chi connectivity index (χ2v) is 4.50. The summed E-state index contributed by atoms with van der Waals surface area (Å²) < 4.78 is 0. The van der Waals surface area contributed by atoms with E-state index >= 15 is 0 Å². The number of benzene rings is 1. The monoisotopic (exact) mass is 189 g/mol. The number of H-pyrrole nitrogens is 1. The topological polar surface area (TPSA) is 15.8 Å². The van der Waals surface area contributed by atoms with Crippen molar-refractivity contribution in [2.75, 3.05) is 0 Å². The summed E-state index contributed by atoms with van der Waals surface area (Å²) in [4.78, 5) is 3.29. The van der Waals surface area contributed by atoms with Gasteiger partial charge in [0.25, 0.3) is 0 Å². The molecule has 0 aliphatic rings. The maximum atomic E-state index is 3.29. The standard InChI is InChI=1S/C12H15N.CH4/c1-12(2,3)10-8-13-11-7-5-4-6-9(10)11;/h4-8,13H,1-3H3;1H4. The largest absolute Gasteiger partial charge is 0.361 e. The molecule has 1 aromatic heterocycles. The smallest absolute Gasteiger partial charge is 0.0456 e. The summed E-state index contributed by atoms with van der Waals surface area (Å²) in [5, 5.41) is 1.34. The maximum absolute atomic E-state index is 3.29. The Balaban J connectivity index is 0.000000980. The van der Waals surface area contributed by atoms with E-state index in [0.717, 1.165) is 0 Å². The lowest BCUT2D eigenvalue weighted by Crippen LogP contribution is -2.09. The van der Waals surface area contributed by atoms with Gasteiger partial charge in [-0.2, -0.15) is 0 Å². The van der Waals surface area contributed by atoms with Gasteiger partial charge >= 0.3 is 0 Å². The highest BCUT2D eigenvalue weighted by molar-refractivity contribution is 5.84. The molecule has 0 saturated carbocycles. The molecule has 2 rings (SSSR count). The molecule has 1 N–H and O–H groups in total. The lowest BCUT2D eigenvalue weighted by molar-refractivity contribution is 0.596. The van der Waals surface area contributed by atoms with Crippen LogP contribution in [0.1, 0.15) is 33.8 Å². The number of aromatic amines is 1. The summed E-state index contributed by atoms with van der Waals surface area (Å²) in [7, 11) is 0. The molecule has 0 radical (unpaired) electrons. The zero-order chi connectivity index (χ0) is 9.47. The fraction of sp³-hybridized carbons (Fsp3) is 0.385. The molecule has 1 heteroatoms. The zero-order valence-electron chi connectivity index (χ0n) is 8.39. The molecular formula is C13H19N. The molecule has 0 saturated heterocycles. The third kappa shape index (κ3) is 1.67. The van der Waals surface area contributed by atoms with E-state index in [1.54, 1.807) is 0 Å². The molecule has 0 fully saturated rings. The Morgan fingerprint density at radius 3 is 2.36 bits per heavy atom. The fourth-order valence-electron chi connectivity index (χ4n) is 1.69. The molecule has 1 heterocycles. The molecule has 0 spiro atoms. The van der Waals surface area contributed by atoms with E-state index < -0.39 is 0 Å². The van der Waals surface area contributed by atoms with Crippen LogP contribution in [0.15, 0.2) is 30.5 Å². The molecule has 0 aliphatic carbocycles. The Morgan fingerprint density at radius 2 is 1.71 bits per heavy atom. The van der Waals surface area contributed by atoms with Gasteiger partial charge in [-0.15, -0.1) is 0 Å². The van der Waals surface area contributed by atoms with Gasteiger partial charge in [-0.25, -0.2) is 0 Å². The summed E-state index contributed by atoms with van der Waals surface area (Å²) in [5.41, 5.74) is 2.84. The third-order valence-electron chi connectivity index (χ3n) is 2.40. The summed E-state index contributed by atoms with van der Waals surface area (Å²) in [5.74, 6) is 0. The molecular weight excluding hydrogens is 170 g/mol. The van der Waals surface area contributed by atoms with Crippen LogP contribution in [0, 0.1) is 0 Å². The van der Waals surface area contributed by atoms with Crippen LogP contribution >= 0.6 is 0 Å². The van der Waals surface area contributed by atoms with Gasteiger partial charge in [-0.3, -0.25) is 0 Å². The van der Waals surface area contributed by atoms with Gasteiger partial charge in [0.2, 0.25) is 0 Å². The highest BCUT2D eigenvalue weighted by atomic mass is 14.7. The van der Waals surface area contributed by atoms with Crippen molar-refractivity contribution in [2.24, 2.45) is 0 Å². The van der Waals surface area contributed by atoms with Gasteiger partial charge in [0, 0.05) is 17.1 Å². The molecule has 0 bridgehead atoms. The Bertz CT molecular complexity index is 418.